The highest BCUT2D eigenvalue weighted by Crippen LogP contribution is 2.31. The number of Topliss-reactive ketones (excluding diaryl/α,β-unsaturated/α-hetero) is 1. The van der Waals surface area contributed by atoms with E-state index in [4.69, 9.17) is 4.42 Å². The van der Waals surface area contributed by atoms with Crippen molar-refractivity contribution >= 4 is 28.8 Å². The highest BCUT2D eigenvalue weighted by Gasteiger charge is 2.18. The fourth-order valence-electron chi connectivity index (χ4n) is 2.70. The Kier molecular flexibility index (Phi) is 4.19. The molecule has 1 N–H and O–H groups in total. The summed E-state index contributed by atoms with van der Waals surface area (Å²) in [7, 11) is 0. The Balaban J connectivity index is 2.01. The van der Waals surface area contributed by atoms with Crippen LogP contribution in [0.4, 0.5) is 0 Å². The van der Waals surface area contributed by atoms with Gasteiger partial charge in [-0.2, -0.15) is 5.26 Å². The number of aryl methyl sites for hydroxylation is 1. The molecular formula is C18H15N3O2S. The summed E-state index contributed by atoms with van der Waals surface area (Å²) < 4.78 is 5.25. The van der Waals surface area contributed by atoms with E-state index in [2.05, 4.69) is 16.0 Å². The van der Waals surface area contributed by atoms with E-state index in [9.17, 15) is 10.1 Å². The van der Waals surface area contributed by atoms with E-state index >= 15 is 0 Å². The maximum atomic E-state index is 11.8. The number of ketones is 1. The van der Waals surface area contributed by atoms with Gasteiger partial charge in [-0.25, -0.2) is 4.98 Å². The number of rotatable bonds is 4. The summed E-state index contributed by atoms with van der Waals surface area (Å²) in [5, 5.41) is 11.9. The molecule has 0 radical (unpaired) electrons. The highest BCUT2D eigenvalue weighted by molar-refractivity contribution is 7.11. The molecule has 0 fully saturated rings. The van der Waals surface area contributed by atoms with Gasteiger partial charge < -0.3 is 9.40 Å². The normalized spacial score (nSPS) is 11.5. The first-order valence-electron chi connectivity index (χ1n) is 7.33. The van der Waals surface area contributed by atoms with E-state index in [0.29, 0.717) is 21.9 Å². The Hall–Kier alpha value is -2.91. The van der Waals surface area contributed by atoms with Gasteiger partial charge in [-0.1, -0.05) is 0 Å². The summed E-state index contributed by atoms with van der Waals surface area (Å²) >= 11 is 1.38. The van der Waals surface area contributed by atoms with Crippen LogP contribution in [0.3, 0.4) is 0 Å². The molecule has 0 aliphatic carbocycles. The zero-order valence-corrected chi connectivity index (χ0v) is 14.3. The maximum absolute atomic E-state index is 11.8. The maximum Gasteiger partial charge on any atom is 0.161 e. The lowest BCUT2D eigenvalue weighted by molar-refractivity contribution is 0.101. The van der Waals surface area contributed by atoms with Crippen LogP contribution in [-0.2, 0) is 0 Å². The Bertz CT molecular complexity index is 969. The number of thiazole rings is 1. The van der Waals surface area contributed by atoms with Crippen LogP contribution in [0.15, 0.2) is 28.2 Å². The number of furan rings is 1. The van der Waals surface area contributed by atoms with Crippen LogP contribution in [0.25, 0.3) is 23.0 Å². The number of carbonyl (C=O) groups is 1. The van der Waals surface area contributed by atoms with Crippen LogP contribution in [0, 0.1) is 25.2 Å². The van der Waals surface area contributed by atoms with Crippen molar-refractivity contribution in [2.24, 2.45) is 0 Å². The van der Waals surface area contributed by atoms with Crippen molar-refractivity contribution in [2.75, 3.05) is 0 Å². The van der Waals surface area contributed by atoms with Crippen molar-refractivity contribution in [1.29, 1.82) is 5.26 Å². The van der Waals surface area contributed by atoms with Gasteiger partial charge in [-0.3, -0.25) is 4.79 Å². The number of allylic oxidation sites excluding steroid dienone is 1. The lowest BCUT2D eigenvalue weighted by Gasteiger charge is -1.97. The number of nitrogens with one attached hydrogen (secondary N) is 1. The molecule has 0 saturated carbocycles. The van der Waals surface area contributed by atoms with Gasteiger partial charge in [-0.05, 0) is 38.5 Å². The van der Waals surface area contributed by atoms with Crippen molar-refractivity contribution in [2.45, 2.75) is 20.8 Å². The van der Waals surface area contributed by atoms with E-state index in [-0.39, 0.29) is 5.78 Å². The van der Waals surface area contributed by atoms with Crippen molar-refractivity contribution in [3.8, 4) is 17.5 Å². The number of hydrogen-bond donors (Lipinski definition) is 1. The largest absolute Gasteiger partial charge is 0.465 e. The molecule has 24 heavy (non-hydrogen) atoms. The number of nitriles is 1. The van der Waals surface area contributed by atoms with Crippen LogP contribution < -0.4 is 0 Å². The molecule has 0 bridgehead atoms. The number of H-pyrrole nitrogens is 1. The third kappa shape index (κ3) is 2.82. The first-order valence-corrected chi connectivity index (χ1v) is 8.21. The second-order valence-electron chi connectivity index (χ2n) is 5.40. The van der Waals surface area contributed by atoms with E-state index in [1.54, 1.807) is 31.4 Å². The second kappa shape index (κ2) is 6.30. The number of nitrogens with zero attached hydrogens (tertiary/aromatic N) is 2. The van der Waals surface area contributed by atoms with E-state index in [1.807, 2.05) is 19.2 Å². The van der Waals surface area contributed by atoms with Gasteiger partial charge >= 0.3 is 0 Å². The molecule has 0 amide bonds. The second-order valence-corrected chi connectivity index (χ2v) is 6.26. The predicted molar refractivity (Wildman–Crippen MR) is 93.6 cm³/mol. The molecule has 3 heterocycles. The number of carbonyl (C=O) groups excluding carboxylic acids is 1. The van der Waals surface area contributed by atoms with Gasteiger partial charge in [0.05, 0.1) is 23.2 Å². The van der Waals surface area contributed by atoms with Gasteiger partial charge in [0.2, 0.25) is 0 Å². The lowest BCUT2D eigenvalue weighted by Crippen LogP contribution is -1.94. The quantitative estimate of drug-likeness (QED) is 0.556. The van der Waals surface area contributed by atoms with Crippen molar-refractivity contribution in [1.82, 2.24) is 9.97 Å². The standard InChI is InChI=1S/C18H15N3O2S/c1-10-16(12(3)22)11(2)20-17(10)15-9-24-18(21-15)13(8-19)7-14-5-4-6-23-14/h4-7,9,20H,1-3H3. The van der Waals surface area contributed by atoms with Crippen LogP contribution in [-0.4, -0.2) is 15.8 Å². The van der Waals surface area contributed by atoms with Gasteiger partial charge in [-0.15, -0.1) is 11.3 Å². The van der Waals surface area contributed by atoms with Crippen LogP contribution in [0.5, 0.6) is 0 Å². The zero-order valence-electron chi connectivity index (χ0n) is 13.5. The first kappa shape index (κ1) is 16.0. The van der Waals surface area contributed by atoms with E-state index in [1.165, 1.54) is 11.3 Å². The molecule has 0 spiro atoms. The third-order valence-corrected chi connectivity index (χ3v) is 4.61. The summed E-state index contributed by atoms with van der Waals surface area (Å²) in [5.41, 5.74) is 4.39. The fourth-order valence-corrected chi connectivity index (χ4v) is 3.48. The van der Waals surface area contributed by atoms with Gasteiger partial charge in [0.25, 0.3) is 0 Å². The van der Waals surface area contributed by atoms with Crippen molar-refractivity contribution in [3.05, 3.63) is 51.4 Å². The molecule has 3 aromatic rings. The Morgan fingerprint density at radius 1 is 1.46 bits per heavy atom. The molecule has 5 nitrogen and oxygen atoms in total. The van der Waals surface area contributed by atoms with Gasteiger partial charge in [0.1, 0.15) is 16.8 Å². The lowest BCUT2D eigenvalue weighted by atomic mass is 10.1. The van der Waals surface area contributed by atoms with Crippen LogP contribution in [0.1, 0.15) is 39.3 Å². The van der Waals surface area contributed by atoms with Crippen LogP contribution in [0.2, 0.25) is 0 Å². The Morgan fingerprint density at radius 3 is 2.83 bits per heavy atom. The Morgan fingerprint density at radius 2 is 2.25 bits per heavy atom. The minimum Gasteiger partial charge on any atom is -0.465 e. The summed E-state index contributed by atoms with van der Waals surface area (Å²) in [6, 6.07) is 5.70. The van der Waals surface area contributed by atoms with Crippen molar-refractivity contribution < 1.29 is 9.21 Å². The van der Waals surface area contributed by atoms with E-state index in [0.717, 1.165) is 22.6 Å². The molecule has 0 aromatic carbocycles. The molecule has 0 unspecified atom stereocenters. The monoisotopic (exact) mass is 337 g/mol. The van der Waals surface area contributed by atoms with Crippen molar-refractivity contribution in [3.63, 3.8) is 0 Å². The Labute approximate surface area is 143 Å². The first-order chi connectivity index (χ1) is 11.5. The summed E-state index contributed by atoms with van der Waals surface area (Å²) in [5.74, 6) is 0.632. The molecule has 120 valence electrons. The third-order valence-electron chi connectivity index (χ3n) is 3.73. The average molecular weight is 337 g/mol. The summed E-state index contributed by atoms with van der Waals surface area (Å²) in [6.45, 7) is 5.33. The molecule has 0 atom stereocenters. The summed E-state index contributed by atoms with van der Waals surface area (Å²) in [6.07, 6.45) is 3.22. The predicted octanol–water partition coefficient (Wildman–Crippen LogP) is 4.61. The number of aromatic amines is 1. The molecule has 0 saturated heterocycles. The molecule has 3 aromatic heterocycles. The van der Waals surface area contributed by atoms with Gasteiger partial charge in [0, 0.05) is 22.7 Å². The molecule has 6 heteroatoms. The minimum absolute atomic E-state index is 0.0263. The highest BCUT2D eigenvalue weighted by atomic mass is 32.1. The zero-order chi connectivity index (χ0) is 17.3. The van der Waals surface area contributed by atoms with E-state index < -0.39 is 0 Å². The number of hydrogen-bond acceptors (Lipinski definition) is 5. The topological polar surface area (TPSA) is 82.7 Å². The fraction of sp³-hybridized carbons (Fsp3) is 0.167. The molecular weight excluding hydrogens is 322 g/mol. The molecule has 3 rings (SSSR count). The SMILES string of the molecule is CC(=O)c1c(C)[nH]c(-c2csc(C(C#N)=Cc3ccco3)n2)c1C. The van der Waals surface area contributed by atoms with Gasteiger partial charge in [0.15, 0.2) is 5.78 Å². The molecule has 0 aliphatic rings. The van der Waals surface area contributed by atoms with Crippen LogP contribution >= 0.6 is 11.3 Å². The average Bonchev–Trinajstić information content (AvgIpc) is 3.25. The number of aromatic nitrogens is 2. The smallest absolute Gasteiger partial charge is 0.161 e. The minimum atomic E-state index is 0.0263. The molecule has 0 aliphatic heterocycles. The summed E-state index contributed by atoms with van der Waals surface area (Å²) in [4.78, 5) is 19.5.